The minimum Gasteiger partial charge on any atom is -0.479 e. The zero-order chi connectivity index (χ0) is 25.8. The number of ether oxygens (including phenoxy) is 2. The average molecular weight is 486 g/mol. The van der Waals surface area contributed by atoms with Crippen LogP contribution in [0.2, 0.25) is 0 Å². The van der Waals surface area contributed by atoms with Gasteiger partial charge < -0.3 is 19.1 Å². The number of carbonyl (C=O) groups excluding carboxylic acids is 1. The van der Waals surface area contributed by atoms with Crippen molar-refractivity contribution in [3.05, 3.63) is 106 Å². The molecule has 0 saturated carbocycles. The van der Waals surface area contributed by atoms with Crippen LogP contribution in [0.4, 0.5) is 0 Å². The molecule has 1 aromatic heterocycles. The van der Waals surface area contributed by atoms with Gasteiger partial charge in [0.1, 0.15) is 0 Å². The van der Waals surface area contributed by atoms with Gasteiger partial charge in [0.25, 0.3) is 0 Å². The summed E-state index contributed by atoms with van der Waals surface area (Å²) < 4.78 is 13.0. The third-order valence-corrected chi connectivity index (χ3v) is 6.42. The predicted octanol–water partition coefficient (Wildman–Crippen LogP) is 5.67. The number of ketones is 1. The van der Waals surface area contributed by atoms with Gasteiger partial charge in [0.05, 0.1) is 18.8 Å². The fourth-order valence-corrected chi connectivity index (χ4v) is 4.41. The first-order valence-corrected chi connectivity index (χ1v) is 11.9. The predicted molar refractivity (Wildman–Crippen MR) is 139 cm³/mol. The van der Waals surface area contributed by atoms with Gasteiger partial charge in [0.15, 0.2) is 11.9 Å². The Balaban J connectivity index is 1.74. The third-order valence-electron chi connectivity index (χ3n) is 6.42. The number of carbonyl (C=O) groups is 2. The van der Waals surface area contributed by atoms with E-state index in [4.69, 9.17) is 14.6 Å². The van der Waals surface area contributed by atoms with E-state index >= 15 is 0 Å². The normalized spacial score (nSPS) is 12.1. The highest BCUT2D eigenvalue weighted by molar-refractivity contribution is 6.17. The van der Waals surface area contributed by atoms with Gasteiger partial charge in [-0.25, -0.2) is 4.79 Å². The summed E-state index contributed by atoms with van der Waals surface area (Å²) >= 11 is 0. The van der Waals surface area contributed by atoms with Crippen LogP contribution in [0.15, 0.2) is 66.7 Å². The van der Waals surface area contributed by atoms with E-state index < -0.39 is 12.1 Å². The molecule has 0 saturated heterocycles. The van der Waals surface area contributed by atoms with Gasteiger partial charge in [-0.3, -0.25) is 4.79 Å². The first kappa shape index (κ1) is 25.4. The lowest BCUT2D eigenvalue weighted by molar-refractivity contribution is -0.149. The maximum Gasteiger partial charge on any atom is 0.332 e. The van der Waals surface area contributed by atoms with Gasteiger partial charge in [0.2, 0.25) is 0 Å². The highest BCUT2D eigenvalue weighted by atomic mass is 16.5. The van der Waals surface area contributed by atoms with E-state index in [1.165, 1.54) is 6.92 Å². The summed E-state index contributed by atoms with van der Waals surface area (Å²) in [5.41, 5.74) is 7.30. The molecule has 0 aliphatic heterocycles. The van der Waals surface area contributed by atoms with Gasteiger partial charge >= 0.3 is 5.97 Å². The second-order valence-corrected chi connectivity index (χ2v) is 9.14. The highest BCUT2D eigenvalue weighted by Crippen LogP contribution is 2.30. The van der Waals surface area contributed by atoms with Crippen LogP contribution in [-0.2, 0) is 34.0 Å². The number of nitrogens with zero attached hydrogens (tertiary/aromatic N) is 1. The maximum absolute atomic E-state index is 13.6. The van der Waals surface area contributed by atoms with Crippen molar-refractivity contribution in [1.29, 1.82) is 0 Å². The molecule has 0 spiro atoms. The Morgan fingerprint density at radius 1 is 0.917 bits per heavy atom. The summed E-state index contributed by atoms with van der Waals surface area (Å²) in [6, 6.07) is 21.7. The van der Waals surface area contributed by atoms with Crippen molar-refractivity contribution in [3.63, 3.8) is 0 Å². The molecule has 4 rings (SSSR count). The second kappa shape index (κ2) is 10.9. The molecule has 0 aliphatic carbocycles. The lowest BCUT2D eigenvalue weighted by Crippen LogP contribution is -2.19. The molecule has 3 aromatic carbocycles. The Morgan fingerprint density at radius 2 is 1.61 bits per heavy atom. The van der Waals surface area contributed by atoms with Crippen LogP contribution in [0.5, 0.6) is 0 Å². The number of hydrogen-bond donors (Lipinski definition) is 1. The largest absolute Gasteiger partial charge is 0.479 e. The Hall–Kier alpha value is -3.74. The van der Waals surface area contributed by atoms with E-state index in [0.717, 1.165) is 38.9 Å². The number of benzene rings is 3. The molecule has 0 aliphatic rings. The number of aliphatic carboxylic acids is 1. The molecule has 6 heteroatoms. The number of methoxy groups -OCH3 is 1. The smallest absolute Gasteiger partial charge is 0.332 e. The quantitative estimate of drug-likeness (QED) is 0.293. The molecule has 1 N–H and O–H groups in total. The van der Waals surface area contributed by atoms with E-state index in [-0.39, 0.29) is 12.4 Å². The molecule has 0 unspecified atom stereocenters. The summed E-state index contributed by atoms with van der Waals surface area (Å²) in [6.45, 7) is 6.76. The standard InChI is InChI=1S/C30H31NO5/c1-19-8-11-25(12-9-19)29(32)28-20(2)31(27-15-24(17-35-4)10-13-26(27)28)16-22-6-5-7-23(14-22)18-36-21(3)30(33)34/h5-15,21H,16-18H2,1-4H3,(H,33,34)/t21-/m1/s1. The number of fused-ring (bicyclic) bond motifs is 1. The summed E-state index contributed by atoms with van der Waals surface area (Å²) in [7, 11) is 1.67. The van der Waals surface area contributed by atoms with Crippen molar-refractivity contribution in [2.24, 2.45) is 0 Å². The SMILES string of the molecule is COCc1ccc2c(C(=O)c3ccc(C)cc3)c(C)n(Cc3cccc(CO[C@H](C)C(=O)O)c3)c2c1. The van der Waals surface area contributed by atoms with Crippen molar-refractivity contribution in [1.82, 2.24) is 4.57 Å². The van der Waals surface area contributed by atoms with E-state index in [0.29, 0.717) is 24.3 Å². The summed E-state index contributed by atoms with van der Waals surface area (Å²) in [4.78, 5) is 24.7. The van der Waals surface area contributed by atoms with Crippen molar-refractivity contribution in [2.75, 3.05) is 7.11 Å². The molecule has 1 heterocycles. The number of carboxylic acid groups (broad SMARTS) is 1. The second-order valence-electron chi connectivity index (χ2n) is 9.14. The minimum absolute atomic E-state index is 0.000510. The molecule has 36 heavy (non-hydrogen) atoms. The lowest BCUT2D eigenvalue weighted by Gasteiger charge is -2.12. The van der Waals surface area contributed by atoms with E-state index in [1.54, 1.807) is 7.11 Å². The molecule has 0 amide bonds. The molecular weight excluding hydrogens is 454 g/mol. The molecule has 1 atom stereocenters. The summed E-state index contributed by atoms with van der Waals surface area (Å²) in [6.07, 6.45) is -0.876. The van der Waals surface area contributed by atoms with Crippen LogP contribution in [0.25, 0.3) is 10.9 Å². The molecule has 0 fully saturated rings. The van der Waals surface area contributed by atoms with E-state index in [1.807, 2.05) is 74.5 Å². The van der Waals surface area contributed by atoms with Crippen LogP contribution in [0.3, 0.4) is 0 Å². The first-order chi connectivity index (χ1) is 17.3. The molecule has 6 nitrogen and oxygen atoms in total. The number of aromatic nitrogens is 1. The zero-order valence-corrected chi connectivity index (χ0v) is 21.1. The monoisotopic (exact) mass is 485 g/mol. The molecule has 0 radical (unpaired) electrons. The van der Waals surface area contributed by atoms with Gasteiger partial charge in [-0.2, -0.15) is 0 Å². The van der Waals surface area contributed by atoms with Crippen LogP contribution >= 0.6 is 0 Å². The fourth-order valence-electron chi connectivity index (χ4n) is 4.41. The number of carboxylic acids is 1. The molecular formula is C30H31NO5. The lowest BCUT2D eigenvalue weighted by atomic mass is 9.99. The summed E-state index contributed by atoms with van der Waals surface area (Å²) in [5, 5.41) is 9.99. The van der Waals surface area contributed by atoms with Gasteiger partial charge in [-0.1, -0.05) is 66.2 Å². The zero-order valence-electron chi connectivity index (χ0n) is 21.1. The molecule has 4 aromatic rings. The Labute approximate surface area is 211 Å². The Kier molecular flexibility index (Phi) is 7.67. The first-order valence-electron chi connectivity index (χ1n) is 11.9. The van der Waals surface area contributed by atoms with Crippen molar-refractivity contribution >= 4 is 22.7 Å². The number of aryl methyl sites for hydroxylation is 1. The highest BCUT2D eigenvalue weighted by Gasteiger charge is 2.22. The van der Waals surface area contributed by atoms with Crippen molar-refractivity contribution in [2.45, 2.75) is 46.6 Å². The number of hydrogen-bond acceptors (Lipinski definition) is 4. The third kappa shape index (κ3) is 5.40. The van der Waals surface area contributed by atoms with Crippen molar-refractivity contribution in [3.8, 4) is 0 Å². The van der Waals surface area contributed by atoms with Gasteiger partial charge in [-0.15, -0.1) is 0 Å². The fraction of sp³-hybridized carbons (Fsp3) is 0.267. The molecule has 186 valence electrons. The summed E-state index contributed by atoms with van der Waals surface area (Å²) in [5.74, 6) is -0.987. The Bertz CT molecular complexity index is 1400. The Morgan fingerprint density at radius 3 is 2.31 bits per heavy atom. The maximum atomic E-state index is 13.6. The molecule has 0 bridgehead atoms. The van der Waals surface area contributed by atoms with Crippen molar-refractivity contribution < 1.29 is 24.2 Å². The number of rotatable bonds is 10. The van der Waals surface area contributed by atoms with Crippen LogP contribution in [0, 0.1) is 13.8 Å². The van der Waals surface area contributed by atoms with Gasteiger partial charge in [-0.05, 0) is 43.5 Å². The minimum atomic E-state index is -0.988. The van der Waals surface area contributed by atoms with E-state index in [9.17, 15) is 9.59 Å². The van der Waals surface area contributed by atoms with Crippen LogP contribution < -0.4 is 0 Å². The van der Waals surface area contributed by atoms with Gasteiger partial charge in [0, 0.05) is 35.8 Å². The topological polar surface area (TPSA) is 77.8 Å². The van der Waals surface area contributed by atoms with Crippen LogP contribution in [0.1, 0.15) is 50.8 Å². The average Bonchev–Trinajstić information content (AvgIpc) is 3.13. The van der Waals surface area contributed by atoms with Crippen LogP contribution in [-0.4, -0.2) is 34.6 Å². The van der Waals surface area contributed by atoms with E-state index in [2.05, 4.69) is 10.6 Å².